The van der Waals surface area contributed by atoms with Gasteiger partial charge in [0.05, 0.1) is 18.6 Å². The summed E-state index contributed by atoms with van der Waals surface area (Å²) >= 11 is 0. The number of benzene rings is 2. The van der Waals surface area contributed by atoms with E-state index in [0.717, 1.165) is 4.31 Å². The highest BCUT2D eigenvalue weighted by atomic mass is 32.2. The van der Waals surface area contributed by atoms with Crippen LogP contribution in [0.3, 0.4) is 0 Å². The number of methoxy groups -OCH3 is 1. The van der Waals surface area contributed by atoms with Crippen LogP contribution in [-0.4, -0.2) is 50.2 Å². The number of fused-ring (bicyclic) bond motifs is 1. The van der Waals surface area contributed by atoms with Gasteiger partial charge in [-0.15, -0.1) is 0 Å². The minimum atomic E-state index is -3.79. The molecule has 0 radical (unpaired) electrons. The first-order chi connectivity index (χ1) is 14.0. The molecule has 2 aromatic carbocycles. The molecule has 0 N–H and O–H groups in total. The van der Waals surface area contributed by atoms with E-state index in [1.165, 1.54) is 19.2 Å². The van der Waals surface area contributed by atoms with Gasteiger partial charge in [0.2, 0.25) is 21.7 Å². The van der Waals surface area contributed by atoms with Crippen molar-refractivity contribution in [3.63, 3.8) is 0 Å². The lowest BCUT2D eigenvalue weighted by atomic mass is 10.2. The third-order valence-electron chi connectivity index (χ3n) is 4.38. The smallest absolute Gasteiger partial charge is 0.243 e. The summed E-state index contributed by atoms with van der Waals surface area (Å²) in [6.07, 6.45) is 0. The molecule has 2 heterocycles. The van der Waals surface area contributed by atoms with Crippen LogP contribution in [0.1, 0.15) is 5.89 Å². The van der Waals surface area contributed by atoms with Crippen LogP contribution >= 0.6 is 0 Å². The number of sulfonamides is 1. The van der Waals surface area contributed by atoms with Gasteiger partial charge >= 0.3 is 0 Å². The third-order valence-corrected chi connectivity index (χ3v) is 6.18. The SMILES string of the molecule is COc1cccc(-c2noc(CN(C)S(=O)(=O)c3ccc4c(c3)OCCO4)n2)c1. The Balaban J connectivity index is 1.53. The zero-order chi connectivity index (χ0) is 20.4. The summed E-state index contributed by atoms with van der Waals surface area (Å²) in [7, 11) is -0.773. The largest absolute Gasteiger partial charge is 0.497 e. The Morgan fingerprint density at radius 2 is 1.90 bits per heavy atom. The summed E-state index contributed by atoms with van der Waals surface area (Å²) < 4.78 is 48.3. The molecule has 9 nitrogen and oxygen atoms in total. The lowest BCUT2D eigenvalue weighted by Crippen LogP contribution is -2.27. The fourth-order valence-corrected chi connectivity index (χ4v) is 3.97. The lowest BCUT2D eigenvalue weighted by molar-refractivity contribution is 0.171. The molecule has 0 saturated heterocycles. The van der Waals surface area contributed by atoms with Crippen molar-refractivity contribution < 1.29 is 27.2 Å². The molecule has 1 aromatic heterocycles. The molecule has 0 fully saturated rings. The molecule has 0 saturated carbocycles. The molecule has 10 heteroatoms. The summed E-state index contributed by atoms with van der Waals surface area (Å²) in [6.45, 7) is 0.737. The maximum Gasteiger partial charge on any atom is 0.243 e. The molecule has 0 aliphatic carbocycles. The molecule has 4 rings (SSSR count). The van der Waals surface area contributed by atoms with E-state index >= 15 is 0 Å². The van der Waals surface area contributed by atoms with Crippen molar-refractivity contribution in [1.82, 2.24) is 14.4 Å². The van der Waals surface area contributed by atoms with Gasteiger partial charge in [-0.05, 0) is 24.3 Å². The molecular formula is C19H19N3O6S. The van der Waals surface area contributed by atoms with Crippen LogP contribution in [0, 0.1) is 0 Å². The average Bonchev–Trinajstić information content (AvgIpc) is 3.22. The Morgan fingerprint density at radius 1 is 1.10 bits per heavy atom. The van der Waals surface area contributed by atoms with Crippen molar-refractivity contribution in [3.05, 3.63) is 48.4 Å². The molecule has 0 unspecified atom stereocenters. The van der Waals surface area contributed by atoms with E-state index in [4.69, 9.17) is 18.7 Å². The van der Waals surface area contributed by atoms with Crippen LogP contribution in [0.5, 0.6) is 17.2 Å². The van der Waals surface area contributed by atoms with Gasteiger partial charge in [-0.2, -0.15) is 9.29 Å². The van der Waals surface area contributed by atoms with E-state index in [0.29, 0.717) is 41.9 Å². The highest BCUT2D eigenvalue weighted by molar-refractivity contribution is 7.89. The molecule has 1 aliphatic rings. The Kier molecular flexibility index (Phi) is 5.12. The van der Waals surface area contributed by atoms with Crippen LogP contribution < -0.4 is 14.2 Å². The van der Waals surface area contributed by atoms with Gasteiger partial charge in [-0.1, -0.05) is 17.3 Å². The normalized spacial score (nSPS) is 13.5. The van der Waals surface area contributed by atoms with Crippen LogP contribution in [0.15, 0.2) is 51.9 Å². The number of nitrogens with zero attached hydrogens (tertiary/aromatic N) is 3. The highest BCUT2D eigenvalue weighted by Crippen LogP contribution is 2.33. The first-order valence-electron chi connectivity index (χ1n) is 8.80. The number of hydrogen-bond acceptors (Lipinski definition) is 8. The van der Waals surface area contributed by atoms with Crippen LogP contribution in [0.4, 0.5) is 0 Å². The van der Waals surface area contributed by atoms with Gasteiger partial charge in [-0.25, -0.2) is 8.42 Å². The van der Waals surface area contributed by atoms with E-state index in [1.54, 1.807) is 25.3 Å². The van der Waals surface area contributed by atoms with Crippen LogP contribution in [0.25, 0.3) is 11.4 Å². The maximum atomic E-state index is 12.9. The average molecular weight is 417 g/mol. The van der Waals surface area contributed by atoms with Gasteiger partial charge in [0.25, 0.3) is 0 Å². The number of ether oxygens (including phenoxy) is 3. The van der Waals surface area contributed by atoms with E-state index in [2.05, 4.69) is 10.1 Å². The van der Waals surface area contributed by atoms with E-state index in [1.807, 2.05) is 12.1 Å². The van der Waals surface area contributed by atoms with E-state index in [-0.39, 0.29) is 17.3 Å². The second-order valence-electron chi connectivity index (χ2n) is 6.31. The predicted octanol–water partition coefficient (Wildman–Crippen LogP) is 2.34. The maximum absolute atomic E-state index is 12.9. The zero-order valence-electron chi connectivity index (χ0n) is 15.9. The van der Waals surface area contributed by atoms with Gasteiger partial charge in [0.1, 0.15) is 19.0 Å². The number of aromatic nitrogens is 2. The Hall–Kier alpha value is -3.11. The first-order valence-corrected chi connectivity index (χ1v) is 10.2. The van der Waals surface area contributed by atoms with Gasteiger partial charge in [0, 0.05) is 18.7 Å². The molecule has 3 aromatic rings. The van der Waals surface area contributed by atoms with Crippen molar-refractivity contribution in [2.45, 2.75) is 11.4 Å². The van der Waals surface area contributed by atoms with Crippen molar-refractivity contribution in [3.8, 4) is 28.6 Å². The Bertz CT molecular complexity index is 1130. The van der Waals surface area contributed by atoms with Gasteiger partial charge < -0.3 is 18.7 Å². The molecule has 0 amide bonds. The van der Waals surface area contributed by atoms with Crippen molar-refractivity contribution in [2.24, 2.45) is 0 Å². The fourth-order valence-electron chi connectivity index (χ4n) is 2.84. The Morgan fingerprint density at radius 3 is 2.69 bits per heavy atom. The highest BCUT2D eigenvalue weighted by Gasteiger charge is 2.25. The summed E-state index contributed by atoms with van der Waals surface area (Å²) in [5.74, 6) is 2.11. The topological polar surface area (TPSA) is 104 Å². The van der Waals surface area contributed by atoms with Crippen molar-refractivity contribution >= 4 is 10.0 Å². The molecule has 1 aliphatic heterocycles. The predicted molar refractivity (Wildman–Crippen MR) is 102 cm³/mol. The summed E-state index contributed by atoms with van der Waals surface area (Å²) in [5, 5.41) is 3.93. The monoisotopic (exact) mass is 417 g/mol. The van der Waals surface area contributed by atoms with Crippen molar-refractivity contribution in [1.29, 1.82) is 0 Å². The van der Waals surface area contributed by atoms with Crippen LogP contribution in [0.2, 0.25) is 0 Å². The molecular weight excluding hydrogens is 398 g/mol. The lowest BCUT2D eigenvalue weighted by Gasteiger charge is -2.20. The first kappa shape index (κ1) is 19.2. The van der Waals surface area contributed by atoms with E-state index in [9.17, 15) is 8.42 Å². The summed E-state index contributed by atoms with van der Waals surface area (Å²) in [5.41, 5.74) is 0.705. The molecule has 29 heavy (non-hydrogen) atoms. The van der Waals surface area contributed by atoms with Gasteiger partial charge in [0.15, 0.2) is 11.5 Å². The second kappa shape index (κ2) is 7.72. The third kappa shape index (κ3) is 3.89. The quantitative estimate of drug-likeness (QED) is 0.602. The molecule has 152 valence electrons. The second-order valence-corrected chi connectivity index (χ2v) is 8.36. The standard InChI is InChI=1S/C19H19N3O6S/c1-22(29(23,24)15-6-7-16-17(11-15)27-9-8-26-16)12-18-20-19(21-28-18)13-4-3-5-14(10-13)25-2/h3-7,10-11H,8-9,12H2,1-2H3. The summed E-state index contributed by atoms with van der Waals surface area (Å²) in [6, 6.07) is 11.7. The Labute approximate surface area is 167 Å². The molecule has 0 bridgehead atoms. The number of hydrogen-bond donors (Lipinski definition) is 0. The minimum absolute atomic E-state index is 0.0757. The molecule has 0 spiro atoms. The zero-order valence-corrected chi connectivity index (χ0v) is 16.7. The van der Waals surface area contributed by atoms with Crippen molar-refractivity contribution in [2.75, 3.05) is 27.4 Å². The van der Waals surface area contributed by atoms with Gasteiger partial charge in [-0.3, -0.25) is 0 Å². The summed E-state index contributed by atoms with van der Waals surface area (Å²) in [4.78, 5) is 4.38. The fraction of sp³-hybridized carbons (Fsp3) is 0.263. The van der Waals surface area contributed by atoms with E-state index < -0.39 is 10.0 Å². The minimum Gasteiger partial charge on any atom is -0.497 e. The van der Waals surface area contributed by atoms with Crippen LogP contribution in [-0.2, 0) is 16.6 Å². The number of rotatable bonds is 6. The molecule has 0 atom stereocenters.